The van der Waals surface area contributed by atoms with Crippen LogP contribution in [0.3, 0.4) is 0 Å². The van der Waals surface area contributed by atoms with E-state index in [1.54, 1.807) is 36.4 Å². The van der Waals surface area contributed by atoms with Crippen LogP contribution in [0.2, 0.25) is 5.02 Å². The van der Waals surface area contributed by atoms with Crippen molar-refractivity contribution in [2.75, 3.05) is 6.54 Å². The van der Waals surface area contributed by atoms with Gasteiger partial charge in [0.25, 0.3) is 11.5 Å². The Hall–Kier alpha value is -3.72. The second-order valence-electron chi connectivity index (χ2n) is 7.40. The van der Waals surface area contributed by atoms with Gasteiger partial charge in [-0.1, -0.05) is 23.7 Å². The van der Waals surface area contributed by atoms with Crippen molar-refractivity contribution in [2.24, 2.45) is 0 Å². The van der Waals surface area contributed by atoms with Crippen molar-refractivity contribution in [2.45, 2.75) is 25.6 Å². The number of carboxylic acids is 1. The number of aliphatic carboxylic acids is 1. The second kappa shape index (κ2) is 8.80. The Morgan fingerprint density at radius 3 is 2.59 bits per heavy atom. The monoisotopic (exact) mass is 454 g/mol. The molecule has 2 amide bonds. The highest BCUT2D eigenvalue weighted by Gasteiger charge is 2.37. The molecule has 164 valence electrons. The lowest BCUT2D eigenvalue weighted by molar-refractivity contribution is -0.157. The molecule has 1 unspecified atom stereocenters. The van der Waals surface area contributed by atoms with Crippen molar-refractivity contribution in [1.29, 1.82) is 0 Å². The van der Waals surface area contributed by atoms with Crippen LogP contribution in [0.5, 0.6) is 0 Å². The minimum atomic E-state index is -1.09. The number of nitrogens with zero attached hydrogens (tertiary/aromatic N) is 3. The normalized spacial score (nSPS) is 15.3. The molecule has 3 aromatic rings. The van der Waals surface area contributed by atoms with Gasteiger partial charge in [0.1, 0.15) is 23.8 Å². The third-order valence-corrected chi connectivity index (χ3v) is 5.63. The maximum absolute atomic E-state index is 13.1. The molecule has 2 N–H and O–H groups in total. The van der Waals surface area contributed by atoms with E-state index in [-0.39, 0.29) is 17.8 Å². The van der Waals surface area contributed by atoms with E-state index in [0.717, 1.165) is 10.1 Å². The molecule has 1 fully saturated rings. The number of aromatic nitrogens is 2. The van der Waals surface area contributed by atoms with Crippen LogP contribution in [0.4, 0.5) is 0 Å². The molecule has 0 bridgehead atoms. The van der Waals surface area contributed by atoms with E-state index in [1.165, 1.54) is 17.2 Å². The Kier molecular flexibility index (Phi) is 5.91. The van der Waals surface area contributed by atoms with Crippen LogP contribution in [0.1, 0.15) is 22.3 Å². The van der Waals surface area contributed by atoms with Gasteiger partial charge in [0, 0.05) is 29.7 Å². The van der Waals surface area contributed by atoms with E-state index < -0.39 is 35.9 Å². The molecule has 1 aliphatic heterocycles. The minimum Gasteiger partial charge on any atom is -0.480 e. The number of hydrogen-bond donors (Lipinski definition) is 2. The number of fused-ring (bicyclic) bond motifs is 1. The van der Waals surface area contributed by atoms with Crippen LogP contribution in [-0.2, 0) is 22.7 Å². The highest BCUT2D eigenvalue weighted by molar-refractivity contribution is 6.30. The van der Waals surface area contributed by atoms with Crippen LogP contribution in [0, 0.1) is 0 Å². The summed E-state index contributed by atoms with van der Waals surface area (Å²) in [7, 11) is 0. The summed E-state index contributed by atoms with van der Waals surface area (Å²) in [6.07, 6.45) is 1.84. The summed E-state index contributed by atoms with van der Waals surface area (Å²) in [6, 6.07) is 10.8. The standard InChI is InChI=1S/C22H19ClN4O5/c23-15-5-3-13(4-6-15)11-25-20(29)16-10-14-2-1-8-24-19(14)27(21(16)30)12-18(28)26-9-7-17(26)22(31)32/h1-6,8,10,17H,7,9,11-12H2,(H,25,29)(H,31,32). The fraction of sp³-hybridized carbons (Fsp3) is 0.227. The zero-order valence-corrected chi connectivity index (χ0v) is 17.6. The molecule has 0 aliphatic carbocycles. The summed E-state index contributed by atoms with van der Waals surface area (Å²) in [5.41, 5.74) is 0.238. The largest absolute Gasteiger partial charge is 0.480 e. The number of pyridine rings is 2. The van der Waals surface area contributed by atoms with Crippen molar-refractivity contribution < 1.29 is 19.5 Å². The number of halogens is 1. The van der Waals surface area contributed by atoms with Crippen LogP contribution in [0.25, 0.3) is 11.0 Å². The molecule has 1 saturated heterocycles. The van der Waals surface area contributed by atoms with Gasteiger partial charge in [-0.05, 0) is 42.3 Å². The molecule has 0 spiro atoms. The molecule has 1 aromatic carbocycles. The number of nitrogens with one attached hydrogen (secondary N) is 1. The van der Waals surface area contributed by atoms with Gasteiger partial charge in [-0.3, -0.25) is 19.0 Å². The van der Waals surface area contributed by atoms with E-state index in [4.69, 9.17) is 11.6 Å². The predicted octanol–water partition coefficient (Wildman–Crippen LogP) is 1.67. The summed E-state index contributed by atoms with van der Waals surface area (Å²) < 4.78 is 1.12. The third-order valence-electron chi connectivity index (χ3n) is 5.38. The van der Waals surface area contributed by atoms with Crippen LogP contribution in [-0.4, -0.2) is 49.9 Å². The smallest absolute Gasteiger partial charge is 0.326 e. The predicted molar refractivity (Wildman–Crippen MR) is 116 cm³/mol. The van der Waals surface area contributed by atoms with Gasteiger partial charge < -0.3 is 15.3 Å². The lowest BCUT2D eigenvalue weighted by Gasteiger charge is -2.38. The molecule has 0 radical (unpaired) electrons. The van der Waals surface area contributed by atoms with Crippen LogP contribution >= 0.6 is 11.6 Å². The van der Waals surface area contributed by atoms with Gasteiger partial charge >= 0.3 is 5.97 Å². The number of carbonyl (C=O) groups is 3. The van der Waals surface area contributed by atoms with E-state index in [0.29, 0.717) is 23.4 Å². The van der Waals surface area contributed by atoms with Gasteiger partial charge in [-0.25, -0.2) is 9.78 Å². The van der Waals surface area contributed by atoms with Gasteiger partial charge in [-0.15, -0.1) is 0 Å². The summed E-state index contributed by atoms with van der Waals surface area (Å²) in [6.45, 7) is 0.0825. The maximum Gasteiger partial charge on any atom is 0.326 e. The van der Waals surface area contributed by atoms with Crippen LogP contribution in [0.15, 0.2) is 53.5 Å². The molecule has 2 aromatic heterocycles. The summed E-state index contributed by atoms with van der Waals surface area (Å²) in [4.78, 5) is 55.2. The van der Waals surface area contributed by atoms with Crippen LogP contribution < -0.4 is 10.9 Å². The van der Waals surface area contributed by atoms with E-state index in [2.05, 4.69) is 10.3 Å². The number of carboxylic acid groups (broad SMARTS) is 1. The van der Waals surface area contributed by atoms with Crippen molar-refractivity contribution in [3.05, 3.63) is 75.2 Å². The number of rotatable bonds is 6. The number of hydrogen-bond acceptors (Lipinski definition) is 5. The fourth-order valence-corrected chi connectivity index (χ4v) is 3.69. The zero-order valence-electron chi connectivity index (χ0n) is 16.8. The summed E-state index contributed by atoms with van der Waals surface area (Å²) >= 11 is 5.87. The molecule has 3 heterocycles. The van der Waals surface area contributed by atoms with Gasteiger partial charge in [-0.2, -0.15) is 0 Å². The Balaban J connectivity index is 1.62. The summed E-state index contributed by atoms with van der Waals surface area (Å²) in [5, 5.41) is 13.0. The highest BCUT2D eigenvalue weighted by Crippen LogP contribution is 2.19. The van der Waals surface area contributed by atoms with Gasteiger partial charge in [0.15, 0.2) is 0 Å². The first kappa shape index (κ1) is 21.5. The number of benzene rings is 1. The fourth-order valence-electron chi connectivity index (χ4n) is 3.56. The second-order valence-corrected chi connectivity index (χ2v) is 7.84. The van der Waals surface area contributed by atoms with Crippen molar-refractivity contribution in [3.63, 3.8) is 0 Å². The molecule has 9 nitrogen and oxygen atoms in total. The molecular formula is C22H19ClN4O5. The van der Waals surface area contributed by atoms with E-state index >= 15 is 0 Å². The molecule has 10 heteroatoms. The molecule has 4 rings (SSSR count). The molecule has 1 aliphatic rings. The lowest BCUT2D eigenvalue weighted by Crippen LogP contribution is -2.56. The molecule has 1 atom stereocenters. The Morgan fingerprint density at radius 2 is 1.94 bits per heavy atom. The first-order valence-corrected chi connectivity index (χ1v) is 10.3. The van der Waals surface area contributed by atoms with E-state index in [9.17, 15) is 24.3 Å². The molecule has 32 heavy (non-hydrogen) atoms. The van der Waals surface area contributed by atoms with Crippen molar-refractivity contribution >= 4 is 40.4 Å². The maximum atomic E-state index is 13.1. The Morgan fingerprint density at radius 1 is 1.19 bits per heavy atom. The number of likely N-dealkylation sites (tertiary alicyclic amines) is 1. The number of amides is 2. The SMILES string of the molecule is O=C(NCc1ccc(Cl)cc1)c1cc2cccnc2n(CC(=O)N2CCC2C(=O)O)c1=O. The van der Waals surface area contributed by atoms with Gasteiger partial charge in [0.2, 0.25) is 5.91 Å². The van der Waals surface area contributed by atoms with Gasteiger partial charge in [0.05, 0.1) is 0 Å². The lowest BCUT2D eigenvalue weighted by atomic mass is 10.0. The number of carbonyl (C=O) groups excluding carboxylic acids is 2. The van der Waals surface area contributed by atoms with E-state index in [1.807, 2.05) is 0 Å². The molecule has 0 saturated carbocycles. The van der Waals surface area contributed by atoms with Crippen molar-refractivity contribution in [1.82, 2.24) is 19.8 Å². The topological polar surface area (TPSA) is 122 Å². The minimum absolute atomic E-state index is 0.134. The summed E-state index contributed by atoms with van der Waals surface area (Å²) in [5.74, 6) is -2.20. The first-order chi connectivity index (χ1) is 15.3. The molecular weight excluding hydrogens is 436 g/mol. The average molecular weight is 455 g/mol. The highest BCUT2D eigenvalue weighted by atomic mass is 35.5. The third kappa shape index (κ3) is 4.19. The quantitative estimate of drug-likeness (QED) is 0.584. The Labute approximate surface area is 187 Å². The average Bonchev–Trinajstić information content (AvgIpc) is 2.73. The van der Waals surface area contributed by atoms with Crippen molar-refractivity contribution in [3.8, 4) is 0 Å². The zero-order chi connectivity index (χ0) is 22.8. The first-order valence-electron chi connectivity index (χ1n) is 9.88. The Bertz CT molecular complexity index is 1270.